The zero-order valence-electron chi connectivity index (χ0n) is 11.6. The number of carbonyl (C=O) groups excluding carboxylic acids is 1. The first-order valence-corrected chi connectivity index (χ1v) is 7.32. The molecule has 0 N–H and O–H groups in total. The van der Waals surface area contributed by atoms with E-state index in [1.54, 1.807) is 0 Å². The van der Waals surface area contributed by atoms with Gasteiger partial charge in [0, 0.05) is 24.6 Å². The first-order valence-electron chi connectivity index (χ1n) is 7.32. The largest absolute Gasteiger partial charge is 0.299 e. The van der Waals surface area contributed by atoms with Gasteiger partial charge in [0.1, 0.15) is 5.78 Å². The maximum absolute atomic E-state index is 12.1. The molecule has 0 aromatic carbocycles. The SMILES string of the molecule is CCc1cc(CC2CCCCCC2=O)n(CC)n1. The summed E-state index contributed by atoms with van der Waals surface area (Å²) >= 11 is 0. The van der Waals surface area contributed by atoms with Crippen LogP contribution in [-0.2, 0) is 24.2 Å². The Morgan fingerprint density at radius 1 is 1.33 bits per heavy atom. The van der Waals surface area contributed by atoms with Crippen LogP contribution in [0.25, 0.3) is 0 Å². The molecule has 1 aromatic rings. The van der Waals surface area contributed by atoms with E-state index >= 15 is 0 Å². The maximum Gasteiger partial charge on any atom is 0.136 e. The minimum absolute atomic E-state index is 0.235. The molecule has 100 valence electrons. The van der Waals surface area contributed by atoms with Crippen molar-refractivity contribution in [3.05, 3.63) is 17.5 Å². The lowest BCUT2D eigenvalue weighted by Crippen LogP contribution is -2.17. The quantitative estimate of drug-likeness (QED) is 0.767. The second-order valence-electron chi connectivity index (χ2n) is 5.26. The number of carbonyl (C=O) groups is 1. The Labute approximate surface area is 110 Å². The molecule has 0 radical (unpaired) electrons. The van der Waals surface area contributed by atoms with E-state index < -0.39 is 0 Å². The summed E-state index contributed by atoms with van der Waals surface area (Å²) < 4.78 is 2.07. The third-order valence-corrected chi connectivity index (χ3v) is 3.96. The molecule has 0 bridgehead atoms. The van der Waals surface area contributed by atoms with E-state index in [0.29, 0.717) is 5.78 Å². The van der Waals surface area contributed by atoms with Crippen LogP contribution in [0.1, 0.15) is 57.3 Å². The lowest BCUT2D eigenvalue weighted by Gasteiger charge is -2.13. The predicted molar refractivity (Wildman–Crippen MR) is 72.6 cm³/mol. The minimum atomic E-state index is 0.235. The van der Waals surface area contributed by atoms with Crippen molar-refractivity contribution < 1.29 is 4.79 Å². The number of ketones is 1. The zero-order chi connectivity index (χ0) is 13.0. The number of aryl methyl sites for hydroxylation is 2. The highest BCUT2D eigenvalue weighted by molar-refractivity contribution is 5.81. The molecular weight excluding hydrogens is 224 g/mol. The van der Waals surface area contributed by atoms with E-state index in [1.807, 2.05) is 0 Å². The molecule has 2 rings (SSSR count). The standard InChI is InChI=1S/C15H24N2O/c1-3-13-11-14(17(4-2)16-13)10-12-8-6-5-7-9-15(12)18/h11-12H,3-10H2,1-2H3. The van der Waals surface area contributed by atoms with E-state index in [1.165, 1.54) is 18.5 Å². The molecule has 0 amide bonds. The number of rotatable bonds is 4. The summed E-state index contributed by atoms with van der Waals surface area (Å²) in [6, 6.07) is 2.18. The minimum Gasteiger partial charge on any atom is -0.299 e. The molecule has 1 aliphatic carbocycles. The molecular formula is C15H24N2O. The van der Waals surface area contributed by atoms with Gasteiger partial charge in [-0.25, -0.2) is 0 Å². The molecule has 1 aliphatic rings. The van der Waals surface area contributed by atoms with Crippen LogP contribution in [0.3, 0.4) is 0 Å². The summed E-state index contributed by atoms with van der Waals surface area (Å²) in [5.41, 5.74) is 2.39. The molecule has 1 fully saturated rings. The summed E-state index contributed by atoms with van der Waals surface area (Å²) in [4.78, 5) is 12.1. The van der Waals surface area contributed by atoms with E-state index in [4.69, 9.17) is 0 Å². The number of hydrogen-bond donors (Lipinski definition) is 0. The van der Waals surface area contributed by atoms with Crippen molar-refractivity contribution in [2.24, 2.45) is 5.92 Å². The Bertz CT molecular complexity index is 409. The number of nitrogens with zero attached hydrogens (tertiary/aromatic N) is 2. The van der Waals surface area contributed by atoms with Crippen LogP contribution in [0.5, 0.6) is 0 Å². The Hall–Kier alpha value is -1.12. The number of hydrogen-bond acceptors (Lipinski definition) is 2. The average molecular weight is 248 g/mol. The molecule has 3 heteroatoms. The summed E-state index contributed by atoms with van der Waals surface area (Å²) in [7, 11) is 0. The van der Waals surface area contributed by atoms with Gasteiger partial charge in [0.05, 0.1) is 5.69 Å². The lowest BCUT2D eigenvalue weighted by molar-refractivity contribution is -0.122. The van der Waals surface area contributed by atoms with Crippen molar-refractivity contribution in [3.63, 3.8) is 0 Å². The van der Waals surface area contributed by atoms with Gasteiger partial charge >= 0.3 is 0 Å². The highest BCUT2D eigenvalue weighted by Gasteiger charge is 2.22. The van der Waals surface area contributed by atoms with Gasteiger partial charge in [0.15, 0.2) is 0 Å². The van der Waals surface area contributed by atoms with Crippen LogP contribution in [0.15, 0.2) is 6.07 Å². The van der Waals surface area contributed by atoms with Crippen molar-refractivity contribution in [2.45, 2.75) is 65.3 Å². The number of aromatic nitrogens is 2. The highest BCUT2D eigenvalue weighted by Crippen LogP contribution is 2.24. The first-order chi connectivity index (χ1) is 8.74. The lowest BCUT2D eigenvalue weighted by atomic mass is 9.93. The summed E-state index contributed by atoms with van der Waals surface area (Å²) in [6.45, 7) is 5.14. The van der Waals surface area contributed by atoms with Crippen molar-refractivity contribution in [3.8, 4) is 0 Å². The fourth-order valence-corrected chi connectivity index (χ4v) is 2.83. The third kappa shape index (κ3) is 3.01. The van der Waals surface area contributed by atoms with Gasteiger partial charge in [-0.05, 0) is 38.7 Å². The topological polar surface area (TPSA) is 34.9 Å². The molecule has 18 heavy (non-hydrogen) atoms. The summed E-state index contributed by atoms with van der Waals surface area (Å²) in [5, 5.41) is 4.57. The second kappa shape index (κ2) is 6.17. The summed E-state index contributed by atoms with van der Waals surface area (Å²) in [5.74, 6) is 0.702. The fraction of sp³-hybridized carbons (Fsp3) is 0.733. The van der Waals surface area contributed by atoms with Crippen molar-refractivity contribution >= 4 is 5.78 Å². The average Bonchev–Trinajstić information content (AvgIpc) is 2.67. The van der Waals surface area contributed by atoms with Crippen molar-refractivity contribution in [1.29, 1.82) is 0 Å². The van der Waals surface area contributed by atoms with E-state index in [-0.39, 0.29) is 5.92 Å². The van der Waals surface area contributed by atoms with Crippen molar-refractivity contribution in [1.82, 2.24) is 9.78 Å². The first kappa shape index (κ1) is 13.3. The normalized spacial score (nSPS) is 21.0. The Morgan fingerprint density at radius 2 is 2.17 bits per heavy atom. The molecule has 1 atom stereocenters. The third-order valence-electron chi connectivity index (χ3n) is 3.96. The van der Waals surface area contributed by atoms with Crippen LogP contribution in [-0.4, -0.2) is 15.6 Å². The van der Waals surface area contributed by atoms with Crippen molar-refractivity contribution in [2.75, 3.05) is 0 Å². The monoisotopic (exact) mass is 248 g/mol. The van der Waals surface area contributed by atoms with Crippen LogP contribution in [0, 0.1) is 5.92 Å². The van der Waals surface area contributed by atoms with Gasteiger partial charge in [0.25, 0.3) is 0 Å². The smallest absolute Gasteiger partial charge is 0.136 e. The Kier molecular flexibility index (Phi) is 4.56. The Morgan fingerprint density at radius 3 is 2.89 bits per heavy atom. The zero-order valence-corrected chi connectivity index (χ0v) is 11.6. The van der Waals surface area contributed by atoms with Gasteiger partial charge in [-0.2, -0.15) is 5.10 Å². The molecule has 1 heterocycles. The van der Waals surface area contributed by atoms with E-state index in [0.717, 1.165) is 44.3 Å². The van der Waals surface area contributed by atoms with Gasteiger partial charge < -0.3 is 0 Å². The van der Waals surface area contributed by atoms with E-state index in [9.17, 15) is 4.79 Å². The van der Waals surface area contributed by atoms with Crippen LogP contribution in [0.2, 0.25) is 0 Å². The molecule has 0 saturated heterocycles. The van der Waals surface area contributed by atoms with Gasteiger partial charge in [-0.15, -0.1) is 0 Å². The second-order valence-corrected chi connectivity index (χ2v) is 5.26. The summed E-state index contributed by atoms with van der Waals surface area (Å²) in [6.07, 6.45) is 7.22. The Balaban J connectivity index is 2.11. The van der Waals surface area contributed by atoms with Gasteiger partial charge in [0.2, 0.25) is 0 Å². The van der Waals surface area contributed by atoms with Crippen LogP contribution in [0.4, 0.5) is 0 Å². The molecule has 3 nitrogen and oxygen atoms in total. The highest BCUT2D eigenvalue weighted by atomic mass is 16.1. The van der Waals surface area contributed by atoms with Crippen LogP contribution >= 0.6 is 0 Å². The molecule has 1 unspecified atom stereocenters. The van der Waals surface area contributed by atoms with E-state index in [2.05, 4.69) is 29.7 Å². The molecule has 1 aromatic heterocycles. The van der Waals surface area contributed by atoms with Crippen LogP contribution < -0.4 is 0 Å². The molecule has 0 aliphatic heterocycles. The maximum atomic E-state index is 12.1. The van der Waals surface area contributed by atoms with Gasteiger partial charge in [-0.1, -0.05) is 19.8 Å². The molecule has 0 spiro atoms. The van der Waals surface area contributed by atoms with Gasteiger partial charge in [-0.3, -0.25) is 9.48 Å². The molecule has 1 saturated carbocycles. The predicted octanol–water partition coefficient (Wildman–Crippen LogP) is 3.16. The fourth-order valence-electron chi connectivity index (χ4n) is 2.83. The number of Topliss-reactive ketones (excluding diaryl/α,β-unsaturated/α-hetero) is 1.